The third kappa shape index (κ3) is 5.70. The molecule has 1 saturated heterocycles. The highest BCUT2D eigenvalue weighted by atomic mass is 19.1. The number of nitrogens with one attached hydrogen (secondary N) is 1. The highest BCUT2D eigenvalue weighted by Gasteiger charge is 2.21. The minimum Gasteiger partial charge on any atom is -0.365 e. The summed E-state index contributed by atoms with van der Waals surface area (Å²) in [7, 11) is 4.20. The van der Waals surface area contributed by atoms with E-state index < -0.39 is 0 Å². The van der Waals surface area contributed by atoms with E-state index in [9.17, 15) is 4.39 Å². The van der Waals surface area contributed by atoms with Crippen molar-refractivity contribution in [3.63, 3.8) is 0 Å². The fourth-order valence-corrected chi connectivity index (χ4v) is 4.69. The second kappa shape index (κ2) is 10.8. The molecule has 0 spiro atoms. The molecule has 1 fully saturated rings. The van der Waals surface area contributed by atoms with Gasteiger partial charge in [-0.15, -0.1) is 0 Å². The summed E-state index contributed by atoms with van der Waals surface area (Å²) in [6.45, 7) is 10.0. The molecule has 0 atom stereocenters. The molecule has 1 aliphatic rings. The smallest absolute Gasteiger partial charge is 0.227 e. The van der Waals surface area contributed by atoms with E-state index in [1.54, 1.807) is 6.20 Å². The summed E-state index contributed by atoms with van der Waals surface area (Å²) in [4.78, 5) is 20.8. The molecule has 3 aromatic heterocycles. The van der Waals surface area contributed by atoms with Gasteiger partial charge in [0.25, 0.3) is 0 Å². The molecule has 0 bridgehead atoms. The van der Waals surface area contributed by atoms with E-state index in [0.717, 1.165) is 78.3 Å². The molecule has 4 heterocycles. The number of aryl methyl sites for hydroxylation is 2. The van der Waals surface area contributed by atoms with Crippen molar-refractivity contribution in [2.24, 2.45) is 0 Å². The van der Waals surface area contributed by atoms with Gasteiger partial charge < -0.3 is 19.6 Å². The van der Waals surface area contributed by atoms with Crippen molar-refractivity contribution in [1.82, 2.24) is 29.9 Å². The molecule has 4 aromatic rings. The zero-order chi connectivity index (χ0) is 25.9. The fourth-order valence-electron chi connectivity index (χ4n) is 4.69. The molecule has 0 unspecified atom stereocenters. The van der Waals surface area contributed by atoms with E-state index in [2.05, 4.69) is 50.3 Å². The van der Waals surface area contributed by atoms with Gasteiger partial charge in [0, 0.05) is 63.0 Å². The molecule has 1 aromatic carbocycles. The second-order valence-corrected chi connectivity index (χ2v) is 9.80. The fraction of sp³-hybridized carbons (Fsp3) is 0.407. The lowest BCUT2D eigenvalue weighted by molar-refractivity contribution is 0.229. The third-order valence-corrected chi connectivity index (χ3v) is 6.75. The van der Waals surface area contributed by atoms with Gasteiger partial charge in [-0.2, -0.15) is 4.98 Å². The SMILES string of the molecule is Cc1noc(C)c1-c1ccc2nc(N3CCN(CCN(C)C)CC3)nc(NCc3cncc(F)c3)c2c1. The normalized spacial score (nSPS) is 14.6. The minimum absolute atomic E-state index is 0.361. The maximum Gasteiger partial charge on any atom is 0.227 e. The van der Waals surface area contributed by atoms with Crippen LogP contribution in [-0.4, -0.2) is 83.3 Å². The van der Waals surface area contributed by atoms with Crippen LogP contribution in [0.2, 0.25) is 0 Å². The molecule has 0 radical (unpaired) electrons. The number of fused-ring (bicyclic) bond motifs is 1. The minimum atomic E-state index is -0.361. The van der Waals surface area contributed by atoms with Crippen LogP contribution in [0.25, 0.3) is 22.0 Å². The van der Waals surface area contributed by atoms with Crippen LogP contribution in [0, 0.1) is 19.7 Å². The van der Waals surface area contributed by atoms with Crippen LogP contribution >= 0.6 is 0 Å². The number of halogens is 1. The Morgan fingerprint density at radius 3 is 2.57 bits per heavy atom. The number of piperazine rings is 1. The van der Waals surface area contributed by atoms with Crippen molar-refractivity contribution in [3.05, 3.63) is 59.5 Å². The second-order valence-electron chi connectivity index (χ2n) is 9.80. The molecular formula is C27H33FN8O. The van der Waals surface area contributed by atoms with Gasteiger partial charge >= 0.3 is 0 Å². The van der Waals surface area contributed by atoms with E-state index in [4.69, 9.17) is 14.5 Å². The van der Waals surface area contributed by atoms with Gasteiger partial charge in [-0.1, -0.05) is 11.2 Å². The average molecular weight is 505 g/mol. The summed E-state index contributed by atoms with van der Waals surface area (Å²) in [6, 6.07) is 7.61. The number of pyridine rings is 1. The van der Waals surface area contributed by atoms with Crippen LogP contribution < -0.4 is 10.2 Å². The zero-order valence-corrected chi connectivity index (χ0v) is 21.8. The van der Waals surface area contributed by atoms with Crippen LogP contribution in [0.1, 0.15) is 17.0 Å². The molecular weight excluding hydrogens is 471 g/mol. The van der Waals surface area contributed by atoms with Crippen LogP contribution in [-0.2, 0) is 6.54 Å². The average Bonchev–Trinajstić information content (AvgIpc) is 3.23. The van der Waals surface area contributed by atoms with Crippen molar-refractivity contribution in [2.45, 2.75) is 20.4 Å². The first-order valence-corrected chi connectivity index (χ1v) is 12.6. The molecule has 10 heteroatoms. The summed E-state index contributed by atoms with van der Waals surface area (Å²) in [5.74, 6) is 1.81. The predicted octanol–water partition coefficient (Wildman–Crippen LogP) is 3.73. The molecule has 1 N–H and O–H groups in total. The van der Waals surface area contributed by atoms with E-state index >= 15 is 0 Å². The van der Waals surface area contributed by atoms with Crippen molar-refractivity contribution in [1.29, 1.82) is 0 Å². The number of aromatic nitrogens is 4. The quantitative estimate of drug-likeness (QED) is 0.386. The van der Waals surface area contributed by atoms with E-state index in [1.165, 1.54) is 12.3 Å². The van der Waals surface area contributed by atoms with E-state index in [0.29, 0.717) is 18.3 Å². The molecule has 37 heavy (non-hydrogen) atoms. The number of benzene rings is 1. The standard InChI is InChI=1S/C27H33FN8O/c1-18-25(19(2)37-33-18)21-5-6-24-23(14-21)26(30-16-20-13-22(28)17-29-15-20)32-27(31-24)36-11-9-35(10-12-36)8-7-34(3)4/h5-6,13-15,17H,7-12,16H2,1-4H3,(H,30,31,32). The number of hydrogen-bond acceptors (Lipinski definition) is 9. The van der Waals surface area contributed by atoms with Crippen LogP contribution in [0.5, 0.6) is 0 Å². The lowest BCUT2D eigenvalue weighted by atomic mass is 10.0. The molecule has 0 amide bonds. The lowest BCUT2D eigenvalue weighted by Gasteiger charge is -2.35. The van der Waals surface area contributed by atoms with Crippen LogP contribution in [0.15, 0.2) is 41.2 Å². The Labute approximate surface area is 216 Å². The third-order valence-electron chi connectivity index (χ3n) is 6.75. The first-order valence-electron chi connectivity index (χ1n) is 12.6. The topological polar surface area (TPSA) is 86.5 Å². The molecule has 194 valence electrons. The number of nitrogens with zero attached hydrogens (tertiary/aromatic N) is 7. The first-order chi connectivity index (χ1) is 17.9. The van der Waals surface area contributed by atoms with Gasteiger partial charge in [0.1, 0.15) is 17.4 Å². The number of hydrogen-bond donors (Lipinski definition) is 1. The number of likely N-dealkylation sites (N-methyl/N-ethyl adjacent to an activating group) is 1. The maximum atomic E-state index is 13.7. The molecule has 1 aliphatic heterocycles. The molecule has 5 rings (SSSR count). The van der Waals surface area contributed by atoms with Crippen molar-refractivity contribution in [2.75, 3.05) is 63.6 Å². The van der Waals surface area contributed by atoms with Gasteiger partial charge in [0.2, 0.25) is 5.95 Å². The molecule has 0 aliphatic carbocycles. The van der Waals surface area contributed by atoms with Gasteiger partial charge in [0.15, 0.2) is 0 Å². The lowest BCUT2D eigenvalue weighted by Crippen LogP contribution is -2.48. The highest BCUT2D eigenvalue weighted by molar-refractivity contribution is 5.94. The van der Waals surface area contributed by atoms with Crippen LogP contribution in [0.3, 0.4) is 0 Å². The summed E-state index contributed by atoms with van der Waals surface area (Å²) >= 11 is 0. The van der Waals surface area contributed by atoms with Crippen LogP contribution in [0.4, 0.5) is 16.2 Å². The first kappa shape index (κ1) is 25.0. The molecule has 0 saturated carbocycles. The monoisotopic (exact) mass is 504 g/mol. The predicted molar refractivity (Wildman–Crippen MR) is 143 cm³/mol. The summed E-state index contributed by atoms with van der Waals surface area (Å²) < 4.78 is 19.1. The summed E-state index contributed by atoms with van der Waals surface area (Å²) in [5.41, 5.74) is 4.38. The van der Waals surface area contributed by atoms with Gasteiger partial charge in [-0.05, 0) is 57.3 Å². The Balaban J connectivity index is 1.46. The Morgan fingerprint density at radius 1 is 1.05 bits per heavy atom. The van der Waals surface area contributed by atoms with Crippen molar-refractivity contribution in [3.8, 4) is 11.1 Å². The Bertz CT molecular complexity index is 1360. The van der Waals surface area contributed by atoms with Gasteiger partial charge in [-0.3, -0.25) is 9.88 Å². The Morgan fingerprint density at radius 2 is 1.86 bits per heavy atom. The largest absolute Gasteiger partial charge is 0.365 e. The van der Waals surface area contributed by atoms with Crippen molar-refractivity contribution >= 4 is 22.7 Å². The van der Waals surface area contributed by atoms with E-state index in [1.807, 2.05) is 26.0 Å². The number of anilines is 2. The van der Waals surface area contributed by atoms with E-state index in [-0.39, 0.29) is 5.82 Å². The highest BCUT2D eigenvalue weighted by Crippen LogP contribution is 2.32. The molecule has 9 nitrogen and oxygen atoms in total. The Kier molecular flexibility index (Phi) is 7.29. The zero-order valence-electron chi connectivity index (χ0n) is 21.8. The summed E-state index contributed by atoms with van der Waals surface area (Å²) in [5, 5.41) is 8.40. The summed E-state index contributed by atoms with van der Waals surface area (Å²) in [6.07, 6.45) is 2.86. The van der Waals surface area contributed by atoms with Gasteiger partial charge in [-0.25, -0.2) is 9.37 Å². The number of rotatable bonds is 8. The van der Waals surface area contributed by atoms with Gasteiger partial charge in [0.05, 0.1) is 17.4 Å². The maximum absolute atomic E-state index is 13.7. The Hall–Kier alpha value is -3.63. The van der Waals surface area contributed by atoms with Crippen molar-refractivity contribution < 1.29 is 8.91 Å².